The van der Waals surface area contributed by atoms with Crippen LogP contribution in [0.15, 0.2) is 0 Å². The lowest BCUT2D eigenvalue weighted by Crippen LogP contribution is -2.64. The quantitative estimate of drug-likeness (QED) is 0.495. The summed E-state index contributed by atoms with van der Waals surface area (Å²) in [7, 11) is 2.45. The fourth-order valence-electron chi connectivity index (χ4n) is 7.18. The third kappa shape index (κ3) is 3.25. The molecular weight excluding hydrogens is 266 g/mol. The zero-order valence-corrected chi connectivity index (χ0v) is 15.7. The topological polar surface area (TPSA) is 3.24 Å². The lowest BCUT2D eigenvalue weighted by atomic mass is 9.42. The number of hydrogen-bond donors (Lipinski definition) is 0. The molecular formula is C21H39N. The molecule has 22 heavy (non-hydrogen) atoms. The van der Waals surface area contributed by atoms with Crippen LogP contribution in [0.1, 0.15) is 97.8 Å². The van der Waals surface area contributed by atoms with Gasteiger partial charge in [-0.2, -0.15) is 0 Å². The minimum Gasteiger partial charge on any atom is -0.301 e. The summed E-state index contributed by atoms with van der Waals surface area (Å²) in [6.07, 6.45) is 17.6. The average molecular weight is 306 g/mol. The van der Waals surface area contributed by atoms with Crippen LogP contribution in [0.3, 0.4) is 0 Å². The summed E-state index contributed by atoms with van der Waals surface area (Å²) in [5, 5.41) is 0. The molecule has 0 saturated heterocycles. The Morgan fingerprint density at radius 2 is 1.41 bits per heavy atom. The molecule has 1 nitrogen and oxygen atoms in total. The van der Waals surface area contributed by atoms with Gasteiger partial charge in [-0.05, 0) is 75.3 Å². The smallest absolute Gasteiger partial charge is 0.0219 e. The molecule has 128 valence electrons. The molecule has 0 N–H and O–H groups in total. The molecule has 4 aliphatic rings. The predicted molar refractivity (Wildman–Crippen MR) is 96.1 cm³/mol. The van der Waals surface area contributed by atoms with Crippen LogP contribution in [0, 0.1) is 16.7 Å². The molecule has 4 fully saturated rings. The van der Waals surface area contributed by atoms with Crippen molar-refractivity contribution in [2.24, 2.45) is 16.7 Å². The maximum Gasteiger partial charge on any atom is 0.0219 e. The monoisotopic (exact) mass is 305 g/mol. The van der Waals surface area contributed by atoms with Gasteiger partial charge in [0.2, 0.25) is 0 Å². The largest absolute Gasteiger partial charge is 0.301 e. The molecule has 0 heterocycles. The first kappa shape index (κ1) is 16.8. The number of unbranched alkanes of at least 4 members (excludes halogenated alkanes) is 5. The maximum absolute atomic E-state index is 2.81. The molecule has 0 radical (unpaired) electrons. The van der Waals surface area contributed by atoms with Crippen molar-refractivity contribution in [3.05, 3.63) is 0 Å². The second-order valence-corrected chi connectivity index (χ2v) is 10.0. The Hall–Kier alpha value is -0.0400. The van der Waals surface area contributed by atoms with Crippen molar-refractivity contribution in [1.29, 1.82) is 0 Å². The highest BCUT2D eigenvalue weighted by molar-refractivity contribution is 5.14. The van der Waals surface area contributed by atoms with Gasteiger partial charge in [0.1, 0.15) is 0 Å². The summed E-state index contributed by atoms with van der Waals surface area (Å²) >= 11 is 0. The molecule has 4 saturated carbocycles. The molecule has 4 aliphatic carbocycles. The van der Waals surface area contributed by atoms with E-state index in [4.69, 9.17) is 0 Å². The second-order valence-electron chi connectivity index (χ2n) is 10.0. The minimum absolute atomic E-state index is 0.562. The molecule has 0 aliphatic heterocycles. The first-order chi connectivity index (χ1) is 10.4. The van der Waals surface area contributed by atoms with Gasteiger partial charge < -0.3 is 4.90 Å². The molecule has 0 aromatic carbocycles. The Bertz CT molecular complexity index is 369. The number of hydrogen-bond acceptors (Lipinski definition) is 1. The Labute approximate surface area is 139 Å². The number of rotatable bonds is 8. The van der Waals surface area contributed by atoms with E-state index in [1.807, 2.05) is 0 Å². The van der Waals surface area contributed by atoms with E-state index in [0.717, 1.165) is 5.92 Å². The van der Waals surface area contributed by atoms with Crippen molar-refractivity contribution in [1.82, 2.24) is 4.90 Å². The van der Waals surface area contributed by atoms with Crippen molar-refractivity contribution in [3.8, 4) is 0 Å². The van der Waals surface area contributed by atoms with Crippen molar-refractivity contribution in [3.63, 3.8) is 0 Å². The maximum atomic E-state index is 2.81. The molecule has 2 unspecified atom stereocenters. The van der Waals surface area contributed by atoms with Crippen LogP contribution < -0.4 is 0 Å². The zero-order valence-electron chi connectivity index (χ0n) is 15.7. The van der Waals surface area contributed by atoms with Crippen LogP contribution in [0.5, 0.6) is 0 Å². The Balaban J connectivity index is 1.54. The fraction of sp³-hybridized carbons (Fsp3) is 1.00. The predicted octanol–water partition coefficient (Wildman–Crippen LogP) is 6.03. The molecule has 0 aromatic heterocycles. The average Bonchev–Trinajstić information content (AvgIpc) is 2.38. The van der Waals surface area contributed by atoms with E-state index < -0.39 is 0 Å². The van der Waals surface area contributed by atoms with Crippen LogP contribution >= 0.6 is 0 Å². The first-order valence-electron chi connectivity index (χ1n) is 10.1. The molecule has 0 amide bonds. The van der Waals surface area contributed by atoms with Gasteiger partial charge in [0, 0.05) is 5.54 Å². The van der Waals surface area contributed by atoms with E-state index in [9.17, 15) is 0 Å². The van der Waals surface area contributed by atoms with Gasteiger partial charge in [0.05, 0.1) is 0 Å². The van der Waals surface area contributed by atoms with Gasteiger partial charge in [-0.3, -0.25) is 0 Å². The van der Waals surface area contributed by atoms with Gasteiger partial charge in [-0.1, -0.05) is 52.9 Å². The van der Waals surface area contributed by atoms with Crippen LogP contribution in [-0.2, 0) is 0 Å². The third-order valence-corrected chi connectivity index (χ3v) is 7.25. The van der Waals surface area contributed by atoms with Gasteiger partial charge in [-0.15, -0.1) is 0 Å². The van der Waals surface area contributed by atoms with Crippen LogP contribution in [0.2, 0.25) is 0 Å². The molecule has 4 bridgehead atoms. The molecule has 0 aromatic rings. The normalized spacial score (nSPS) is 43.2. The SMILES string of the molecule is CCCCCCCCN(C)C12CC3CC(C)(CC(C)(C3)C1)C2. The molecule has 2 atom stereocenters. The van der Waals surface area contributed by atoms with Gasteiger partial charge in [0.25, 0.3) is 0 Å². The van der Waals surface area contributed by atoms with E-state index >= 15 is 0 Å². The standard InChI is InChI=1S/C21H39N/c1-5-6-7-8-9-10-11-22(4)21-14-18-12-19(2,16-21)15-20(3,13-18)17-21/h18H,5-17H2,1-4H3. The summed E-state index contributed by atoms with van der Waals surface area (Å²) in [5.74, 6) is 1.03. The summed E-state index contributed by atoms with van der Waals surface area (Å²) in [6, 6.07) is 0. The highest BCUT2D eigenvalue weighted by Gasteiger charge is 2.61. The van der Waals surface area contributed by atoms with E-state index in [1.54, 1.807) is 0 Å². The lowest BCUT2D eigenvalue weighted by Gasteiger charge is -2.67. The van der Waals surface area contributed by atoms with Crippen LogP contribution in [-0.4, -0.2) is 24.0 Å². The third-order valence-electron chi connectivity index (χ3n) is 7.25. The van der Waals surface area contributed by atoms with Crippen LogP contribution in [0.25, 0.3) is 0 Å². The van der Waals surface area contributed by atoms with Crippen molar-refractivity contribution in [2.45, 2.75) is 103 Å². The first-order valence-corrected chi connectivity index (χ1v) is 10.1. The van der Waals surface area contributed by atoms with E-state index in [1.165, 1.54) is 83.6 Å². The molecule has 1 heteroatoms. The highest BCUT2D eigenvalue weighted by atomic mass is 15.2. The van der Waals surface area contributed by atoms with E-state index in [-0.39, 0.29) is 0 Å². The number of nitrogens with zero attached hydrogens (tertiary/aromatic N) is 1. The van der Waals surface area contributed by atoms with E-state index in [0.29, 0.717) is 16.4 Å². The Morgan fingerprint density at radius 1 is 0.818 bits per heavy atom. The summed E-state index contributed by atoms with van der Waals surface area (Å²) in [4.78, 5) is 2.81. The Kier molecular flexibility index (Phi) is 4.67. The summed E-state index contributed by atoms with van der Waals surface area (Å²) in [5.41, 5.74) is 1.87. The fourth-order valence-corrected chi connectivity index (χ4v) is 7.18. The molecule has 4 rings (SSSR count). The minimum atomic E-state index is 0.562. The Morgan fingerprint density at radius 3 is 2.00 bits per heavy atom. The van der Waals surface area contributed by atoms with Crippen molar-refractivity contribution >= 4 is 0 Å². The summed E-state index contributed by atoms with van der Waals surface area (Å²) in [6.45, 7) is 8.85. The van der Waals surface area contributed by atoms with Gasteiger partial charge >= 0.3 is 0 Å². The van der Waals surface area contributed by atoms with Gasteiger partial charge in [-0.25, -0.2) is 0 Å². The zero-order chi connectivity index (χ0) is 15.8. The highest BCUT2D eigenvalue weighted by Crippen LogP contribution is 2.67. The van der Waals surface area contributed by atoms with E-state index in [2.05, 4.69) is 32.7 Å². The van der Waals surface area contributed by atoms with Gasteiger partial charge in [0.15, 0.2) is 0 Å². The second kappa shape index (κ2) is 6.11. The van der Waals surface area contributed by atoms with Crippen molar-refractivity contribution in [2.75, 3.05) is 13.6 Å². The van der Waals surface area contributed by atoms with Crippen LogP contribution in [0.4, 0.5) is 0 Å². The lowest BCUT2D eigenvalue weighted by molar-refractivity contribution is -0.156. The molecule has 0 spiro atoms. The summed E-state index contributed by atoms with van der Waals surface area (Å²) < 4.78 is 0. The van der Waals surface area contributed by atoms with Crippen molar-refractivity contribution < 1.29 is 0 Å².